The summed E-state index contributed by atoms with van der Waals surface area (Å²) in [6.07, 6.45) is 4.45. The molecule has 0 spiro atoms. The third-order valence-corrected chi connectivity index (χ3v) is 4.15. The van der Waals surface area contributed by atoms with Gasteiger partial charge < -0.3 is 4.98 Å². The Morgan fingerprint density at radius 1 is 1.50 bits per heavy atom. The number of H-pyrrole nitrogens is 1. The van der Waals surface area contributed by atoms with Crippen molar-refractivity contribution < 1.29 is 8.76 Å². The van der Waals surface area contributed by atoms with E-state index in [4.69, 9.17) is 4.55 Å². The molecule has 3 rings (SSSR count). The number of benzene rings is 1. The first-order chi connectivity index (χ1) is 9.65. The number of aromatic amines is 1. The molecule has 1 saturated heterocycles. The second-order valence-electron chi connectivity index (χ2n) is 5.12. The molecule has 0 bridgehead atoms. The minimum atomic E-state index is -2.08. The normalized spacial score (nSPS) is 20.8. The second-order valence-corrected chi connectivity index (χ2v) is 5.82. The van der Waals surface area contributed by atoms with Gasteiger partial charge in [-0.3, -0.25) is 9.45 Å². The molecule has 4 nitrogen and oxygen atoms in total. The van der Waals surface area contributed by atoms with E-state index in [1.54, 1.807) is 0 Å². The molecule has 0 radical (unpaired) electrons. The number of hydrogen-bond donors (Lipinski definition) is 2. The molecule has 20 heavy (non-hydrogen) atoms. The van der Waals surface area contributed by atoms with Crippen molar-refractivity contribution in [1.82, 2.24) is 9.88 Å². The van der Waals surface area contributed by atoms with Crippen LogP contribution in [0.15, 0.2) is 24.4 Å². The molecule has 2 unspecified atom stereocenters. The molecule has 5 heteroatoms. The van der Waals surface area contributed by atoms with E-state index in [2.05, 4.69) is 34.3 Å². The summed E-state index contributed by atoms with van der Waals surface area (Å²) in [5.74, 6) is 2.73. The highest BCUT2D eigenvalue weighted by Gasteiger charge is 2.24. The van der Waals surface area contributed by atoms with E-state index in [1.807, 2.05) is 18.2 Å². The quantitative estimate of drug-likeness (QED) is 0.626. The predicted molar refractivity (Wildman–Crippen MR) is 80.6 cm³/mol. The van der Waals surface area contributed by atoms with Gasteiger partial charge in [-0.05, 0) is 50.2 Å². The van der Waals surface area contributed by atoms with E-state index in [-0.39, 0.29) is 0 Å². The van der Waals surface area contributed by atoms with Gasteiger partial charge in [0.15, 0.2) is 0 Å². The monoisotopic (exact) mass is 288 g/mol. The maximum atomic E-state index is 10.6. The van der Waals surface area contributed by atoms with Crippen LogP contribution in [0.4, 0.5) is 0 Å². The molecule has 0 saturated carbocycles. The average Bonchev–Trinajstić information content (AvgIpc) is 3.01. The van der Waals surface area contributed by atoms with Crippen LogP contribution in [-0.2, 0) is 11.1 Å². The number of nitrogens with one attached hydrogen (secondary N) is 1. The Kier molecular flexibility index (Phi) is 3.62. The number of likely N-dealkylation sites (tertiary alicyclic amines) is 1. The van der Waals surface area contributed by atoms with Crippen molar-refractivity contribution >= 4 is 22.0 Å². The largest absolute Gasteiger partial charge is 0.361 e. The van der Waals surface area contributed by atoms with Crippen molar-refractivity contribution in [3.8, 4) is 11.2 Å². The SMILES string of the molecule is CN1CCCC1c1c[nH]c2ccc(C#CS(=O)O)cc12. The van der Waals surface area contributed by atoms with Gasteiger partial charge in [-0.25, -0.2) is 4.21 Å². The predicted octanol–water partition coefficient (Wildman–Crippen LogP) is 2.47. The van der Waals surface area contributed by atoms with E-state index >= 15 is 0 Å². The lowest BCUT2D eigenvalue weighted by Gasteiger charge is -2.18. The summed E-state index contributed by atoms with van der Waals surface area (Å²) in [6.45, 7) is 1.13. The first kappa shape index (κ1) is 13.4. The third kappa shape index (κ3) is 2.50. The lowest BCUT2D eigenvalue weighted by molar-refractivity contribution is 0.319. The summed E-state index contributed by atoms with van der Waals surface area (Å²) >= 11 is -2.08. The van der Waals surface area contributed by atoms with Gasteiger partial charge in [0.2, 0.25) is 11.1 Å². The van der Waals surface area contributed by atoms with Crippen LogP contribution >= 0.6 is 0 Å². The third-order valence-electron chi connectivity index (χ3n) is 3.88. The summed E-state index contributed by atoms with van der Waals surface area (Å²) in [6, 6.07) is 6.27. The van der Waals surface area contributed by atoms with Crippen molar-refractivity contribution in [3.63, 3.8) is 0 Å². The molecule has 1 aliphatic rings. The number of fused-ring (bicyclic) bond motifs is 1. The van der Waals surface area contributed by atoms with Crippen LogP contribution in [-0.4, -0.2) is 32.2 Å². The molecule has 1 fully saturated rings. The summed E-state index contributed by atoms with van der Waals surface area (Å²) in [4.78, 5) is 5.66. The standard InChI is InChI=1S/C15H16N2O2S/c1-17-7-2-3-15(17)13-10-16-14-5-4-11(9-12(13)14)6-8-20(18)19/h4-5,9-10,15-16H,2-3,7H2,1H3,(H,18,19). The van der Waals surface area contributed by atoms with Crippen LogP contribution in [0.5, 0.6) is 0 Å². The van der Waals surface area contributed by atoms with Crippen LogP contribution in [0.1, 0.15) is 30.0 Å². The van der Waals surface area contributed by atoms with Gasteiger partial charge >= 0.3 is 0 Å². The lowest BCUT2D eigenvalue weighted by atomic mass is 10.0. The summed E-state index contributed by atoms with van der Waals surface area (Å²) in [5.41, 5.74) is 3.13. The molecular weight excluding hydrogens is 272 g/mol. The zero-order valence-corrected chi connectivity index (χ0v) is 12.0. The maximum absolute atomic E-state index is 10.6. The number of rotatable bonds is 1. The van der Waals surface area contributed by atoms with Gasteiger partial charge in [0.25, 0.3) is 0 Å². The van der Waals surface area contributed by atoms with E-state index in [1.165, 1.54) is 18.4 Å². The number of hydrogen-bond acceptors (Lipinski definition) is 2. The number of aromatic nitrogens is 1. The fourth-order valence-corrected chi connectivity index (χ4v) is 3.11. The molecule has 2 heterocycles. The van der Waals surface area contributed by atoms with Gasteiger partial charge in [0.05, 0.1) is 0 Å². The van der Waals surface area contributed by atoms with Crippen molar-refractivity contribution in [2.24, 2.45) is 0 Å². The van der Waals surface area contributed by atoms with Crippen molar-refractivity contribution in [2.75, 3.05) is 13.6 Å². The molecule has 0 aliphatic carbocycles. The van der Waals surface area contributed by atoms with E-state index < -0.39 is 11.1 Å². The zero-order valence-electron chi connectivity index (χ0n) is 11.2. The van der Waals surface area contributed by atoms with Gasteiger partial charge in [-0.15, -0.1) is 0 Å². The minimum absolute atomic E-state index is 0.443. The second kappa shape index (κ2) is 5.41. The zero-order chi connectivity index (χ0) is 14.1. The van der Waals surface area contributed by atoms with E-state index in [0.29, 0.717) is 6.04 Å². The van der Waals surface area contributed by atoms with Gasteiger partial charge in [0.1, 0.15) is 0 Å². The Bertz CT molecular complexity index is 726. The van der Waals surface area contributed by atoms with Crippen LogP contribution in [0, 0.1) is 11.2 Å². The smallest absolute Gasteiger partial charge is 0.234 e. The Morgan fingerprint density at radius 2 is 2.35 bits per heavy atom. The molecule has 1 aromatic heterocycles. The van der Waals surface area contributed by atoms with Crippen LogP contribution in [0.2, 0.25) is 0 Å². The Morgan fingerprint density at radius 3 is 3.05 bits per heavy atom. The summed E-state index contributed by atoms with van der Waals surface area (Å²) in [7, 11) is 2.15. The molecular formula is C15H16N2O2S. The molecule has 2 atom stereocenters. The van der Waals surface area contributed by atoms with Crippen LogP contribution in [0.25, 0.3) is 10.9 Å². The molecule has 2 aromatic rings. The van der Waals surface area contributed by atoms with E-state index in [9.17, 15) is 4.21 Å². The summed E-state index contributed by atoms with van der Waals surface area (Å²) < 4.78 is 19.4. The highest BCUT2D eigenvalue weighted by Crippen LogP contribution is 2.35. The van der Waals surface area contributed by atoms with Crippen molar-refractivity contribution in [2.45, 2.75) is 18.9 Å². The fraction of sp³-hybridized carbons (Fsp3) is 0.333. The highest BCUT2D eigenvalue weighted by molar-refractivity contribution is 7.84. The minimum Gasteiger partial charge on any atom is -0.361 e. The molecule has 104 valence electrons. The molecule has 0 amide bonds. The van der Waals surface area contributed by atoms with Gasteiger partial charge in [-0.2, -0.15) is 0 Å². The highest BCUT2D eigenvalue weighted by atomic mass is 32.2. The lowest BCUT2D eigenvalue weighted by Crippen LogP contribution is -2.17. The Balaban J connectivity index is 2.04. The molecule has 1 aromatic carbocycles. The van der Waals surface area contributed by atoms with Crippen LogP contribution in [0.3, 0.4) is 0 Å². The Hall–Kier alpha value is -1.61. The first-order valence-electron chi connectivity index (χ1n) is 6.59. The molecule has 1 aliphatic heterocycles. The van der Waals surface area contributed by atoms with Gasteiger partial charge in [-0.1, -0.05) is 5.92 Å². The maximum Gasteiger partial charge on any atom is 0.234 e. The van der Waals surface area contributed by atoms with Crippen molar-refractivity contribution in [3.05, 3.63) is 35.5 Å². The average molecular weight is 288 g/mol. The summed E-state index contributed by atoms with van der Waals surface area (Å²) in [5, 5.41) is 3.43. The van der Waals surface area contributed by atoms with Crippen molar-refractivity contribution in [1.29, 1.82) is 0 Å². The first-order valence-corrected chi connectivity index (χ1v) is 7.69. The molecule has 2 N–H and O–H groups in total. The number of nitrogens with zero attached hydrogens (tertiary/aromatic N) is 1. The topological polar surface area (TPSA) is 56.3 Å². The Labute approximate surface area is 120 Å². The van der Waals surface area contributed by atoms with E-state index in [0.717, 1.165) is 23.0 Å². The van der Waals surface area contributed by atoms with Gasteiger partial charge in [0, 0.05) is 34.0 Å². The fourth-order valence-electron chi connectivity index (χ4n) is 2.90. The van der Waals surface area contributed by atoms with Crippen LogP contribution < -0.4 is 0 Å².